The first-order chi connectivity index (χ1) is 9.05. The maximum absolute atomic E-state index is 12.3. The predicted molar refractivity (Wildman–Crippen MR) is 65.2 cm³/mol. The van der Waals surface area contributed by atoms with Crippen LogP contribution < -0.4 is 0 Å². The van der Waals surface area contributed by atoms with Gasteiger partial charge in [-0.1, -0.05) is 23.1 Å². The molecule has 9 heteroatoms. The van der Waals surface area contributed by atoms with Crippen molar-refractivity contribution in [1.29, 1.82) is 0 Å². The molecule has 1 aliphatic heterocycles. The van der Waals surface area contributed by atoms with Crippen molar-refractivity contribution in [3.8, 4) is 0 Å². The van der Waals surface area contributed by atoms with Crippen LogP contribution in [0.5, 0.6) is 0 Å². The third kappa shape index (κ3) is 4.90. The molecule has 19 heavy (non-hydrogen) atoms. The fourth-order valence-corrected chi connectivity index (χ4v) is 3.15. The summed E-state index contributed by atoms with van der Waals surface area (Å²) in [4.78, 5) is 0. The van der Waals surface area contributed by atoms with Crippen LogP contribution >= 0.6 is 23.1 Å². The van der Waals surface area contributed by atoms with Gasteiger partial charge in [0.2, 0.25) is 5.01 Å². The van der Waals surface area contributed by atoms with Gasteiger partial charge in [-0.15, -0.1) is 10.2 Å². The Labute approximate surface area is 116 Å². The van der Waals surface area contributed by atoms with Gasteiger partial charge in [0.15, 0.2) is 10.6 Å². The minimum Gasteiger partial charge on any atom is -0.353 e. The standard InChI is InChI=1S/C10H13F3N2O2S2/c11-10(12,13)8-14-15-9(19-8)18-6-5-17-7-3-1-2-4-16-7/h7H,1-6H2/t7-/m1/s1. The maximum atomic E-state index is 12.3. The summed E-state index contributed by atoms with van der Waals surface area (Å²) in [5, 5.41) is 5.69. The summed E-state index contributed by atoms with van der Waals surface area (Å²) in [7, 11) is 0. The highest BCUT2D eigenvalue weighted by Crippen LogP contribution is 2.34. The molecule has 0 radical (unpaired) electrons. The lowest BCUT2D eigenvalue weighted by Gasteiger charge is -2.22. The van der Waals surface area contributed by atoms with Crippen molar-refractivity contribution >= 4 is 23.1 Å². The number of alkyl halides is 3. The van der Waals surface area contributed by atoms with Gasteiger partial charge < -0.3 is 9.47 Å². The molecule has 2 rings (SSSR count). The van der Waals surface area contributed by atoms with E-state index >= 15 is 0 Å². The quantitative estimate of drug-likeness (QED) is 0.617. The number of ether oxygens (including phenoxy) is 2. The monoisotopic (exact) mass is 314 g/mol. The zero-order chi connectivity index (χ0) is 13.7. The summed E-state index contributed by atoms with van der Waals surface area (Å²) in [6.07, 6.45) is -1.57. The minimum absolute atomic E-state index is 0.172. The smallest absolute Gasteiger partial charge is 0.353 e. The van der Waals surface area contributed by atoms with Gasteiger partial charge in [-0.05, 0) is 19.3 Å². The van der Waals surface area contributed by atoms with Gasteiger partial charge in [-0.2, -0.15) is 13.2 Å². The third-order valence-corrected chi connectivity index (χ3v) is 4.47. The lowest BCUT2D eigenvalue weighted by molar-refractivity contribution is -0.158. The molecule has 0 aromatic carbocycles. The number of nitrogens with zero attached hydrogens (tertiary/aromatic N) is 2. The highest BCUT2D eigenvalue weighted by atomic mass is 32.2. The Balaban J connectivity index is 1.66. The van der Waals surface area contributed by atoms with Crippen molar-refractivity contribution in [2.24, 2.45) is 0 Å². The first-order valence-electron chi connectivity index (χ1n) is 5.82. The van der Waals surface area contributed by atoms with Crippen molar-refractivity contribution in [2.45, 2.75) is 36.1 Å². The van der Waals surface area contributed by atoms with Crippen LogP contribution in [-0.4, -0.2) is 35.5 Å². The van der Waals surface area contributed by atoms with E-state index in [0.717, 1.165) is 19.3 Å². The Kier molecular flexibility index (Phi) is 5.43. The molecule has 1 aliphatic rings. The van der Waals surface area contributed by atoms with Crippen molar-refractivity contribution < 1.29 is 22.6 Å². The van der Waals surface area contributed by atoms with E-state index in [4.69, 9.17) is 9.47 Å². The Hall–Kier alpha value is -0.380. The van der Waals surface area contributed by atoms with Gasteiger partial charge in [0, 0.05) is 12.4 Å². The first-order valence-corrected chi connectivity index (χ1v) is 7.62. The number of hydrogen-bond acceptors (Lipinski definition) is 6. The SMILES string of the molecule is FC(F)(F)c1nnc(SCCO[C@@H]2CCCCO2)s1. The maximum Gasteiger partial charge on any atom is 0.445 e. The summed E-state index contributed by atoms with van der Waals surface area (Å²) in [5.74, 6) is 0.534. The molecule has 1 atom stereocenters. The normalized spacial score (nSPS) is 20.7. The lowest BCUT2D eigenvalue weighted by Crippen LogP contribution is -2.23. The van der Waals surface area contributed by atoms with E-state index in [0.29, 0.717) is 34.6 Å². The van der Waals surface area contributed by atoms with E-state index in [1.54, 1.807) is 0 Å². The molecule has 0 spiro atoms. The Bertz CT molecular complexity index is 394. The topological polar surface area (TPSA) is 44.2 Å². The molecule has 0 aliphatic carbocycles. The molecular weight excluding hydrogens is 301 g/mol. The number of hydrogen-bond donors (Lipinski definition) is 0. The van der Waals surface area contributed by atoms with E-state index < -0.39 is 11.2 Å². The largest absolute Gasteiger partial charge is 0.445 e. The highest BCUT2D eigenvalue weighted by Gasteiger charge is 2.35. The van der Waals surface area contributed by atoms with E-state index in [9.17, 15) is 13.2 Å². The molecule has 108 valence electrons. The number of halogens is 3. The third-order valence-electron chi connectivity index (χ3n) is 2.40. The Morgan fingerprint density at radius 1 is 1.37 bits per heavy atom. The van der Waals surface area contributed by atoms with Gasteiger partial charge in [0.1, 0.15) is 0 Å². The predicted octanol–water partition coefficient (Wildman–Crippen LogP) is 3.19. The second-order valence-corrected chi connectivity index (χ2v) is 6.21. The molecular formula is C10H13F3N2O2S2. The van der Waals surface area contributed by atoms with Crippen molar-refractivity contribution in [2.75, 3.05) is 19.0 Å². The average Bonchev–Trinajstić information content (AvgIpc) is 2.85. The van der Waals surface area contributed by atoms with Crippen molar-refractivity contribution in [3.63, 3.8) is 0 Å². The van der Waals surface area contributed by atoms with Crippen molar-refractivity contribution in [3.05, 3.63) is 5.01 Å². The fraction of sp³-hybridized carbons (Fsp3) is 0.800. The van der Waals surface area contributed by atoms with Gasteiger partial charge >= 0.3 is 6.18 Å². The number of thioether (sulfide) groups is 1. The van der Waals surface area contributed by atoms with Crippen LogP contribution in [0.15, 0.2) is 4.34 Å². The molecule has 1 fully saturated rings. The summed E-state index contributed by atoms with van der Waals surface area (Å²) in [5.41, 5.74) is 0. The zero-order valence-electron chi connectivity index (χ0n) is 9.98. The fourth-order valence-electron chi connectivity index (χ4n) is 1.53. The summed E-state index contributed by atoms with van der Waals surface area (Å²) < 4.78 is 48.0. The number of rotatable bonds is 5. The van der Waals surface area contributed by atoms with Gasteiger partial charge in [-0.25, -0.2) is 0 Å². The van der Waals surface area contributed by atoms with Crippen LogP contribution in [0.2, 0.25) is 0 Å². The molecule has 0 N–H and O–H groups in total. The molecule has 0 unspecified atom stereocenters. The number of aromatic nitrogens is 2. The highest BCUT2D eigenvalue weighted by molar-refractivity contribution is 8.01. The van der Waals surface area contributed by atoms with E-state index in [1.807, 2.05) is 0 Å². The van der Waals surface area contributed by atoms with Gasteiger partial charge in [0.25, 0.3) is 0 Å². The van der Waals surface area contributed by atoms with Crippen LogP contribution in [-0.2, 0) is 15.7 Å². The zero-order valence-corrected chi connectivity index (χ0v) is 11.6. The second-order valence-electron chi connectivity index (χ2n) is 3.89. The summed E-state index contributed by atoms with van der Waals surface area (Å²) >= 11 is 1.77. The Morgan fingerprint density at radius 2 is 2.21 bits per heavy atom. The molecule has 0 amide bonds. The first kappa shape index (κ1) is 15.0. The molecule has 1 saturated heterocycles. The van der Waals surface area contributed by atoms with E-state index in [-0.39, 0.29) is 6.29 Å². The lowest BCUT2D eigenvalue weighted by atomic mass is 10.2. The van der Waals surface area contributed by atoms with Crippen LogP contribution in [0.1, 0.15) is 24.3 Å². The van der Waals surface area contributed by atoms with E-state index in [2.05, 4.69) is 10.2 Å². The molecule has 4 nitrogen and oxygen atoms in total. The van der Waals surface area contributed by atoms with E-state index in [1.165, 1.54) is 11.8 Å². The summed E-state index contributed by atoms with van der Waals surface area (Å²) in [6.45, 7) is 1.14. The molecule has 0 bridgehead atoms. The van der Waals surface area contributed by atoms with Gasteiger partial charge in [0.05, 0.1) is 6.61 Å². The minimum atomic E-state index is -4.41. The van der Waals surface area contributed by atoms with Crippen LogP contribution in [0.3, 0.4) is 0 Å². The van der Waals surface area contributed by atoms with Crippen LogP contribution in [0.25, 0.3) is 0 Å². The average molecular weight is 314 g/mol. The second kappa shape index (κ2) is 6.87. The Morgan fingerprint density at radius 3 is 2.84 bits per heavy atom. The molecule has 0 saturated carbocycles. The van der Waals surface area contributed by atoms with Gasteiger partial charge in [-0.3, -0.25) is 0 Å². The summed E-state index contributed by atoms with van der Waals surface area (Å²) in [6, 6.07) is 0. The van der Waals surface area contributed by atoms with Crippen LogP contribution in [0, 0.1) is 0 Å². The van der Waals surface area contributed by atoms with Crippen LogP contribution in [0.4, 0.5) is 13.2 Å². The molecule has 2 heterocycles. The molecule has 1 aromatic rings. The molecule has 1 aromatic heterocycles. The van der Waals surface area contributed by atoms with Crippen molar-refractivity contribution in [1.82, 2.24) is 10.2 Å².